The lowest BCUT2D eigenvalue weighted by molar-refractivity contribution is 0.477. The molecule has 180 valence electrons. The van der Waals surface area contributed by atoms with E-state index in [1.54, 1.807) is 0 Å². The Morgan fingerprint density at radius 1 is 0.447 bits per heavy atom. The van der Waals surface area contributed by atoms with Crippen molar-refractivity contribution in [1.29, 1.82) is 0 Å². The molecule has 0 radical (unpaired) electrons. The summed E-state index contributed by atoms with van der Waals surface area (Å²) in [4.78, 5) is 12.4. The van der Waals surface area contributed by atoms with E-state index in [4.69, 9.17) is 14.7 Å². The number of hydrogen-bond donors (Lipinski definition) is 0. The van der Waals surface area contributed by atoms with Crippen LogP contribution in [0.3, 0.4) is 0 Å². The van der Waals surface area contributed by atoms with Crippen LogP contribution in [0.5, 0.6) is 11.5 Å². The van der Waals surface area contributed by atoms with Gasteiger partial charge in [-0.15, -0.1) is 0 Å². The first-order valence-electron chi connectivity index (χ1n) is 12.6. The molecule has 1 aliphatic rings. The van der Waals surface area contributed by atoms with Crippen molar-refractivity contribution >= 4 is 17.1 Å². The molecule has 0 N–H and O–H groups in total. The summed E-state index contributed by atoms with van der Waals surface area (Å²) in [5.41, 5.74) is 7.73. The van der Waals surface area contributed by atoms with Crippen LogP contribution in [0.2, 0.25) is 0 Å². The molecule has 5 aromatic carbocycles. The van der Waals surface area contributed by atoms with E-state index in [1.165, 1.54) is 0 Å². The van der Waals surface area contributed by atoms with Crippen LogP contribution in [0.4, 0.5) is 17.1 Å². The molecule has 0 saturated heterocycles. The maximum absolute atomic E-state index is 6.26. The number of hydrogen-bond acceptors (Lipinski definition) is 4. The van der Waals surface area contributed by atoms with Gasteiger partial charge in [-0.05, 0) is 42.5 Å². The van der Waals surface area contributed by atoms with Crippen molar-refractivity contribution in [2.24, 2.45) is 0 Å². The number of benzene rings is 5. The van der Waals surface area contributed by atoms with E-state index in [9.17, 15) is 0 Å². The molecule has 0 spiro atoms. The topological polar surface area (TPSA) is 38.2 Å². The molecular formula is C34H23N3O. The largest absolute Gasteiger partial charge is 0.453 e. The highest BCUT2D eigenvalue weighted by Crippen LogP contribution is 2.51. The van der Waals surface area contributed by atoms with Crippen LogP contribution >= 0.6 is 0 Å². The molecule has 4 nitrogen and oxygen atoms in total. The fraction of sp³-hybridized carbons (Fsp3) is 0. The molecule has 38 heavy (non-hydrogen) atoms. The number of fused-ring (bicyclic) bond motifs is 2. The first kappa shape index (κ1) is 22.0. The Balaban J connectivity index is 1.46. The molecule has 0 amide bonds. The summed E-state index contributed by atoms with van der Waals surface area (Å²) in [6.07, 6.45) is 0. The summed E-state index contributed by atoms with van der Waals surface area (Å²) in [5.74, 6) is 2.29. The smallest absolute Gasteiger partial charge is 0.162 e. The molecule has 0 bridgehead atoms. The van der Waals surface area contributed by atoms with Crippen LogP contribution in [0.25, 0.3) is 33.9 Å². The standard InChI is InChI=1S/C34H23N3O/c1-3-13-24(14-4-1)27-23-28(25-15-5-2-6-16-25)36-34(35-27)26-17-7-8-18-29(26)37-30-19-9-11-21-32(30)38-33-22-12-10-20-31(33)37/h1-23H. The molecule has 0 fully saturated rings. The molecule has 0 unspecified atom stereocenters. The van der Waals surface area contributed by atoms with Gasteiger partial charge in [-0.3, -0.25) is 0 Å². The molecule has 0 aliphatic carbocycles. The van der Waals surface area contributed by atoms with Gasteiger partial charge in [-0.1, -0.05) is 97.1 Å². The van der Waals surface area contributed by atoms with E-state index < -0.39 is 0 Å². The van der Waals surface area contributed by atoms with Gasteiger partial charge in [0.1, 0.15) is 0 Å². The van der Waals surface area contributed by atoms with Crippen molar-refractivity contribution in [1.82, 2.24) is 9.97 Å². The lowest BCUT2D eigenvalue weighted by atomic mass is 10.0. The van der Waals surface area contributed by atoms with Crippen molar-refractivity contribution in [3.63, 3.8) is 0 Å². The SMILES string of the molecule is c1ccc(-c2cc(-c3ccccc3)nc(-c3ccccc3N3c4ccccc4Oc4ccccc43)n2)cc1. The minimum Gasteiger partial charge on any atom is -0.453 e. The Labute approximate surface area is 221 Å². The van der Waals surface area contributed by atoms with E-state index in [2.05, 4.69) is 65.6 Å². The van der Waals surface area contributed by atoms with Crippen molar-refractivity contribution in [3.8, 4) is 45.4 Å². The summed E-state index contributed by atoms with van der Waals surface area (Å²) in [6, 6.07) is 47.1. The summed E-state index contributed by atoms with van der Waals surface area (Å²) in [5, 5.41) is 0. The summed E-state index contributed by atoms with van der Waals surface area (Å²) >= 11 is 0. The van der Waals surface area contributed by atoms with Crippen LogP contribution in [0.1, 0.15) is 0 Å². The highest BCUT2D eigenvalue weighted by atomic mass is 16.5. The van der Waals surface area contributed by atoms with E-state index in [0.29, 0.717) is 5.82 Å². The van der Waals surface area contributed by atoms with E-state index >= 15 is 0 Å². The van der Waals surface area contributed by atoms with Gasteiger partial charge in [0.2, 0.25) is 0 Å². The highest BCUT2D eigenvalue weighted by Gasteiger charge is 2.27. The monoisotopic (exact) mass is 489 g/mol. The number of aromatic nitrogens is 2. The lowest BCUT2D eigenvalue weighted by Gasteiger charge is -2.33. The Morgan fingerprint density at radius 2 is 0.895 bits per heavy atom. The molecule has 1 aliphatic heterocycles. The molecule has 7 rings (SSSR count). The first-order valence-corrected chi connectivity index (χ1v) is 12.6. The second kappa shape index (κ2) is 9.34. The molecule has 6 aromatic rings. The zero-order chi connectivity index (χ0) is 25.3. The minimum atomic E-state index is 0.669. The fourth-order valence-electron chi connectivity index (χ4n) is 4.90. The molecule has 0 saturated carbocycles. The number of nitrogens with zero attached hydrogens (tertiary/aromatic N) is 3. The number of rotatable bonds is 4. The predicted molar refractivity (Wildman–Crippen MR) is 153 cm³/mol. The van der Waals surface area contributed by atoms with Gasteiger partial charge in [-0.25, -0.2) is 9.97 Å². The highest BCUT2D eigenvalue weighted by molar-refractivity contribution is 5.92. The third-order valence-corrected chi connectivity index (χ3v) is 6.68. The van der Waals surface area contributed by atoms with Crippen molar-refractivity contribution in [2.75, 3.05) is 4.90 Å². The third-order valence-electron chi connectivity index (χ3n) is 6.68. The Bertz CT molecular complexity index is 1650. The lowest BCUT2D eigenvalue weighted by Crippen LogP contribution is -2.16. The van der Waals surface area contributed by atoms with E-state index in [-0.39, 0.29) is 0 Å². The van der Waals surface area contributed by atoms with Gasteiger partial charge in [0.15, 0.2) is 17.3 Å². The zero-order valence-corrected chi connectivity index (χ0v) is 20.5. The van der Waals surface area contributed by atoms with Crippen LogP contribution in [0.15, 0.2) is 140 Å². The molecule has 0 atom stereocenters. The van der Waals surface area contributed by atoms with Gasteiger partial charge in [0.25, 0.3) is 0 Å². The van der Waals surface area contributed by atoms with Crippen LogP contribution in [-0.4, -0.2) is 9.97 Å². The summed E-state index contributed by atoms with van der Waals surface area (Å²) in [6.45, 7) is 0. The number of anilines is 3. The Kier molecular flexibility index (Phi) is 5.41. The zero-order valence-electron chi connectivity index (χ0n) is 20.5. The van der Waals surface area contributed by atoms with Crippen molar-refractivity contribution < 1.29 is 4.74 Å². The van der Waals surface area contributed by atoms with E-state index in [0.717, 1.165) is 56.6 Å². The number of ether oxygens (including phenoxy) is 1. The number of para-hydroxylation sites is 5. The van der Waals surface area contributed by atoms with Crippen molar-refractivity contribution in [3.05, 3.63) is 140 Å². The average molecular weight is 490 g/mol. The third kappa shape index (κ3) is 3.89. The second-order valence-corrected chi connectivity index (χ2v) is 9.08. The molecule has 4 heteroatoms. The maximum atomic E-state index is 6.26. The van der Waals surface area contributed by atoms with E-state index in [1.807, 2.05) is 78.9 Å². The van der Waals surface area contributed by atoms with Crippen molar-refractivity contribution in [2.45, 2.75) is 0 Å². The Hall–Kier alpha value is -5.22. The van der Waals surface area contributed by atoms with Gasteiger partial charge >= 0.3 is 0 Å². The van der Waals surface area contributed by atoms with Gasteiger partial charge in [-0.2, -0.15) is 0 Å². The minimum absolute atomic E-state index is 0.669. The van der Waals surface area contributed by atoms with Gasteiger partial charge in [0.05, 0.1) is 28.5 Å². The maximum Gasteiger partial charge on any atom is 0.162 e. The Morgan fingerprint density at radius 3 is 1.45 bits per heavy atom. The molecule has 1 aromatic heterocycles. The predicted octanol–water partition coefficient (Wildman–Crippen LogP) is 9.05. The fourth-order valence-corrected chi connectivity index (χ4v) is 4.90. The molecule has 2 heterocycles. The normalized spacial score (nSPS) is 11.8. The van der Waals surface area contributed by atoms with Crippen LogP contribution in [-0.2, 0) is 0 Å². The second-order valence-electron chi connectivity index (χ2n) is 9.08. The van der Waals surface area contributed by atoms with Gasteiger partial charge < -0.3 is 9.64 Å². The summed E-state index contributed by atoms with van der Waals surface area (Å²) < 4.78 is 6.26. The van der Waals surface area contributed by atoms with Crippen LogP contribution < -0.4 is 9.64 Å². The quantitative estimate of drug-likeness (QED) is 0.247. The van der Waals surface area contributed by atoms with Gasteiger partial charge in [0, 0.05) is 16.7 Å². The summed E-state index contributed by atoms with van der Waals surface area (Å²) in [7, 11) is 0. The molecular weight excluding hydrogens is 466 g/mol. The van der Waals surface area contributed by atoms with Crippen LogP contribution in [0, 0.1) is 0 Å². The average Bonchev–Trinajstić information content (AvgIpc) is 3.00. The first-order chi connectivity index (χ1) is 18.8.